The molecule has 4 heteroatoms. The number of rotatable bonds is 4. The SMILES string of the molecule is CC1CCC(C23CC4CC(CC(COC(=O)C(F)F)(C4)C2)C3)CC1. The van der Waals surface area contributed by atoms with E-state index in [0.29, 0.717) is 5.41 Å². The summed E-state index contributed by atoms with van der Waals surface area (Å²) in [5, 5.41) is 0. The maximum atomic E-state index is 12.5. The van der Waals surface area contributed by atoms with E-state index in [1.165, 1.54) is 44.9 Å². The molecule has 0 N–H and O–H groups in total. The molecule has 5 saturated carbocycles. The number of alkyl halides is 2. The zero-order chi connectivity index (χ0) is 16.9. The fourth-order valence-corrected chi connectivity index (χ4v) is 7.33. The van der Waals surface area contributed by atoms with E-state index in [1.54, 1.807) is 0 Å². The predicted molar refractivity (Wildman–Crippen MR) is 87.6 cm³/mol. The van der Waals surface area contributed by atoms with Crippen molar-refractivity contribution in [3.8, 4) is 0 Å². The van der Waals surface area contributed by atoms with Crippen molar-refractivity contribution in [2.45, 2.75) is 77.6 Å². The van der Waals surface area contributed by atoms with Gasteiger partial charge in [0.05, 0.1) is 6.61 Å². The van der Waals surface area contributed by atoms with Crippen LogP contribution in [0, 0.1) is 34.5 Å². The third-order valence-electron chi connectivity index (χ3n) is 7.81. The van der Waals surface area contributed by atoms with Crippen molar-refractivity contribution in [1.82, 2.24) is 0 Å². The van der Waals surface area contributed by atoms with Gasteiger partial charge in [-0.15, -0.1) is 0 Å². The van der Waals surface area contributed by atoms with E-state index in [1.807, 2.05) is 0 Å². The average Bonchev–Trinajstić information content (AvgIpc) is 2.52. The first-order valence-corrected chi connectivity index (χ1v) is 9.85. The Hall–Kier alpha value is -0.670. The molecule has 0 aromatic carbocycles. The molecule has 5 aliphatic carbocycles. The molecule has 0 aliphatic heterocycles. The lowest BCUT2D eigenvalue weighted by molar-refractivity contribution is -0.182. The molecular weight excluding hydrogens is 310 g/mol. The fourth-order valence-electron chi connectivity index (χ4n) is 7.33. The largest absolute Gasteiger partial charge is 0.461 e. The summed E-state index contributed by atoms with van der Waals surface area (Å²) in [5.74, 6) is 1.80. The van der Waals surface area contributed by atoms with Gasteiger partial charge in [-0.1, -0.05) is 19.8 Å². The van der Waals surface area contributed by atoms with Crippen molar-refractivity contribution in [3.05, 3.63) is 0 Å². The molecule has 0 heterocycles. The highest BCUT2D eigenvalue weighted by molar-refractivity contribution is 5.72. The number of esters is 1. The molecule has 0 aromatic heterocycles. The topological polar surface area (TPSA) is 26.3 Å². The van der Waals surface area contributed by atoms with Crippen molar-refractivity contribution >= 4 is 5.97 Å². The van der Waals surface area contributed by atoms with Crippen molar-refractivity contribution in [3.63, 3.8) is 0 Å². The van der Waals surface area contributed by atoms with Crippen LogP contribution in [0.15, 0.2) is 0 Å². The lowest BCUT2D eigenvalue weighted by Crippen LogP contribution is -2.56. The third-order valence-corrected chi connectivity index (χ3v) is 7.81. The molecule has 4 bridgehead atoms. The number of ether oxygens (including phenoxy) is 1. The van der Waals surface area contributed by atoms with Crippen LogP contribution < -0.4 is 0 Å². The average molecular weight is 340 g/mol. The second-order valence-electron chi connectivity index (χ2n) is 9.69. The number of carbonyl (C=O) groups is 1. The number of halogens is 2. The molecule has 0 saturated heterocycles. The van der Waals surface area contributed by atoms with Gasteiger partial charge in [-0.05, 0) is 80.5 Å². The van der Waals surface area contributed by atoms with Crippen molar-refractivity contribution in [1.29, 1.82) is 0 Å². The molecule has 136 valence electrons. The van der Waals surface area contributed by atoms with Gasteiger partial charge in [-0.3, -0.25) is 0 Å². The zero-order valence-electron chi connectivity index (χ0n) is 14.7. The molecule has 24 heavy (non-hydrogen) atoms. The number of carbonyl (C=O) groups excluding carboxylic acids is 1. The summed E-state index contributed by atoms with van der Waals surface area (Å²) in [4.78, 5) is 11.3. The van der Waals surface area contributed by atoms with Gasteiger partial charge in [0.1, 0.15) is 0 Å². The lowest BCUT2D eigenvalue weighted by atomic mass is 9.41. The minimum Gasteiger partial charge on any atom is -0.461 e. The Bertz CT molecular complexity index is 482. The number of hydrogen-bond acceptors (Lipinski definition) is 2. The van der Waals surface area contributed by atoms with Crippen LogP contribution in [-0.4, -0.2) is 19.0 Å². The molecule has 5 rings (SSSR count). The van der Waals surface area contributed by atoms with E-state index in [-0.39, 0.29) is 12.0 Å². The van der Waals surface area contributed by atoms with Crippen LogP contribution in [0.3, 0.4) is 0 Å². The van der Waals surface area contributed by atoms with Crippen LogP contribution in [-0.2, 0) is 9.53 Å². The van der Waals surface area contributed by atoms with Gasteiger partial charge in [0.2, 0.25) is 0 Å². The van der Waals surface area contributed by atoms with Gasteiger partial charge in [0.25, 0.3) is 0 Å². The normalized spacial score (nSPS) is 47.2. The van der Waals surface area contributed by atoms with Gasteiger partial charge in [-0.25, -0.2) is 4.79 Å². The summed E-state index contributed by atoms with van der Waals surface area (Å²) in [5.41, 5.74) is 0.416. The monoisotopic (exact) mass is 340 g/mol. The first-order valence-electron chi connectivity index (χ1n) is 9.85. The minimum atomic E-state index is -2.99. The van der Waals surface area contributed by atoms with Crippen LogP contribution in [0.25, 0.3) is 0 Å². The van der Waals surface area contributed by atoms with Gasteiger partial charge in [-0.2, -0.15) is 8.78 Å². The maximum Gasteiger partial charge on any atom is 0.373 e. The maximum absolute atomic E-state index is 12.5. The fraction of sp³-hybridized carbons (Fsp3) is 0.950. The third kappa shape index (κ3) is 2.88. The predicted octanol–water partition coefficient (Wildman–Crippen LogP) is 5.21. The van der Waals surface area contributed by atoms with Crippen LogP contribution >= 0.6 is 0 Å². The molecule has 5 fully saturated rings. The summed E-state index contributed by atoms with van der Waals surface area (Å²) >= 11 is 0. The van der Waals surface area contributed by atoms with Gasteiger partial charge >= 0.3 is 12.4 Å². The molecule has 0 amide bonds. The summed E-state index contributed by atoms with van der Waals surface area (Å²) in [6, 6.07) is 0. The Morgan fingerprint density at radius 3 is 2.29 bits per heavy atom. The van der Waals surface area contributed by atoms with Gasteiger partial charge in [0, 0.05) is 5.41 Å². The Balaban J connectivity index is 1.50. The highest BCUT2D eigenvalue weighted by Gasteiger charge is 2.60. The quantitative estimate of drug-likeness (QED) is 0.657. The Labute approximate surface area is 143 Å². The van der Waals surface area contributed by atoms with Crippen LogP contribution in [0.4, 0.5) is 8.78 Å². The molecule has 0 radical (unpaired) electrons. The van der Waals surface area contributed by atoms with Crippen LogP contribution in [0.2, 0.25) is 0 Å². The molecular formula is C20H30F2O2. The van der Waals surface area contributed by atoms with Gasteiger partial charge in [0.15, 0.2) is 0 Å². The van der Waals surface area contributed by atoms with Crippen LogP contribution in [0.1, 0.15) is 71.1 Å². The highest BCUT2D eigenvalue weighted by Crippen LogP contribution is 2.68. The van der Waals surface area contributed by atoms with E-state index < -0.39 is 12.4 Å². The molecule has 5 aliphatic rings. The number of hydrogen-bond donors (Lipinski definition) is 0. The van der Waals surface area contributed by atoms with Gasteiger partial charge < -0.3 is 4.74 Å². The first-order chi connectivity index (χ1) is 11.4. The molecule has 2 atom stereocenters. The Kier molecular flexibility index (Phi) is 4.16. The van der Waals surface area contributed by atoms with E-state index in [9.17, 15) is 13.6 Å². The van der Waals surface area contributed by atoms with E-state index >= 15 is 0 Å². The standard InChI is InChI=1S/C20H30F2O2/c1-13-2-4-16(5-3-13)20-9-14-6-15(10-20)8-19(7-14,11-20)12-24-18(23)17(21)22/h13-17H,2-12H2,1H3. The molecule has 0 spiro atoms. The van der Waals surface area contributed by atoms with Crippen molar-refractivity contribution < 1.29 is 18.3 Å². The van der Waals surface area contributed by atoms with E-state index in [0.717, 1.165) is 42.9 Å². The van der Waals surface area contributed by atoms with Crippen LogP contribution in [0.5, 0.6) is 0 Å². The zero-order valence-corrected chi connectivity index (χ0v) is 14.7. The summed E-state index contributed by atoms with van der Waals surface area (Å²) < 4.78 is 30.1. The summed E-state index contributed by atoms with van der Waals surface area (Å²) in [6.45, 7) is 2.59. The van der Waals surface area contributed by atoms with Crippen molar-refractivity contribution in [2.24, 2.45) is 34.5 Å². The summed E-state index contributed by atoms with van der Waals surface area (Å²) in [6.07, 6.45) is 9.66. The lowest BCUT2D eigenvalue weighted by Gasteiger charge is -2.64. The van der Waals surface area contributed by atoms with Crippen molar-refractivity contribution in [2.75, 3.05) is 6.61 Å². The molecule has 2 nitrogen and oxygen atoms in total. The Morgan fingerprint density at radius 1 is 1.08 bits per heavy atom. The second-order valence-corrected chi connectivity index (χ2v) is 9.69. The highest BCUT2D eigenvalue weighted by atomic mass is 19.3. The molecule has 0 aromatic rings. The summed E-state index contributed by atoms with van der Waals surface area (Å²) in [7, 11) is 0. The first kappa shape index (κ1) is 16.8. The van der Waals surface area contributed by atoms with E-state index in [2.05, 4.69) is 6.92 Å². The Morgan fingerprint density at radius 2 is 1.71 bits per heavy atom. The minimum absolute atomic E-state index is 0.00229. The smallest absolute Gasteiger partial charge is 0.373 e. The molecule has 2 unspecified atom stereocenters. The van der Waals surface area contributed by atoms with E-state index in [4.69, 9.17) is 4.74 Å². The second kappa shape index (κ2) is 5.95.